The van der Waals surface area contributed by atoms with Gasteiger partial charge < -0.3 is 10.1 Å². The number of sulfonamides is 1. The van der Waals surface area contributed by atoms with Gasteiger partial charge in [0.1, 0.15) is 5.75 Å². The number of nitrogens with one attached hydrogen (secondary N) is 2. The lowest BCUT2D eigenvalue weighted by Crippen LogP contribution is -2.19. The van der Waals surface area contributed by atoms with Crippen LogP contribution in [0.15, 0.2) is 47.4 Å². The summed E-state index contributed by atoms with van der Waals surface area (Å²) in [5.74, 6) is 0.760. The number of methoxy groups -OCH3 is 1. The number of ether oxygens (including phenoxy) is 1. The van der Waals surface area contributed by atoms with Crippen molar-refractivity contribution in [2.75, 3.05) is 19.5 Å². The van der Waals surface area contributed by atoms with E-state index in [4.69, 9.17) is 4.74 Å². The molecule has 6 heteroatoms. The topological polar surface area (TPSA) is 67.4 Å². The maximum absolute atomic E-state index is 11.9. The van der Waals surface area contributed by atoms with E-state index in [0.29, 0.717) is 0 Å². The highest BCUT2D eigenvalue weighted by atomic mass is 32.2. The standard InChI is InChI=1S/C17H22N2O3S/c1-12-8-9-16(17(10-12)22-4)19-13(2)14-6-5-7-15(11-14)23(20,21)18-3/h5-11,13,18-19H,1-4H3/t13-/m0/s1. The van der Waals surface area contributed by atoms with Crippen LogP contribution < -0.4 is 14.8 Å². The molecule has 0 aliphatic rings. The minimum atomic E-state index is -3.45. The van der Waals surface area contributed by atoms with Crippen LogP contribution in [0.1, 0.15) is 24.1 Å². The van der Waals surface area contributed by atoms with Crippen molar-refractivity contribution in [3.63, 3.8) is 0 Å². The average Bonchev–Trinajstić information content (AvgIpc) is 2.56. The number of aryl methyl sites for hydroxylation is 1. The number of anilines is 1. The van der Waals surface area contributed by atoms with Crippen molar-refractivity contribution >= 4 is 15.7 Å². The largest absolute Gasteiger partial charge is 0.495 e. The molecular weight excluding hydrogens is 312 g/mol. The molecule has 0 bridgehead atoms. The highest BCUT2D eigenvalue weighted by Gasteiger charge is 2.14. The zero-order valence-electron chi connectivity index (χ0n) is 13.8. The summed E-state index contributed by atoms with van der Waals surface area (Å²) in [4.78, 5) is 0.252. The summed E-state index contributed by atoms with van der Waals surface area (Å²) < 4.78 is 31.6. The summed E-state index contributed by atoms with van der Waals surface area (Å²) in [5.41, 5.74) is 2.86. The lowest BCUT2D eigenvalue weighted by atomic mass is 10.1. The van der Waals surface area contributed by atoms with Gasteiger partial charge in [-0.25, -0.2) is 13.1 Å². The molecule has 0 amide bonds. The third-order valence-electron chi connectivity index (χ3n) is 3.67. The second-order valence-electron chi connectivity index (χ2n) is 5.35. The summed E-state index contributed by atoms with van der Waals surface area (Å²) in [5, 5.41) is 3.36. The highest BCUT2D eigenvalue weighted by molar-refractivity contribution is 7.89. The van der Waals surface area contributed by atoms with Crippen molar-refractivity contribution in [3.8, 4) is 5.75 Å². The van der Waals surface area contributed by atoms with Crippen LogP contribution in [0.4, 0.5) is 5.69 Å². The number of benzene rings is 2. The van der Waals surface area contributed by atoms with Gasteiger partial charge in [-0.15, -0.1) is 0 Å². The van der Waals surface area contributed by atoms with E-state index >= 15 is 0 Å². The first-order chi connectivity index (χ1) is 10.9. The molecule has 1 atom stereocenters. The molecule has 0 fully saturated rings. The Hall–Kier alpha value is -2.05. The van der Waals surface area contributed by atoms with Gasteiger partial charge in [-0.2, -0.15) is 0 Å². The Kier molecular flexibility index (Phi) is 5.28. The van der Waals surface area contributed by atoms with Crippen LogP contribution in [-0.2, 0) is 10.0 Å². The van der Waals surface area contributed by atoms with Crippen LogP contribution in [0.2, 0.25) is 0 Å². The van der Waals surface area contributed by atoms with Crippen LogP contribution in [-0.4, -0.2) is 22.6 Å². The van der Waals surface area contributed by atoms with E-state index in [1.165, 1.54) is 7.05 Å². The van der Waals surface area contributed by atoms with Gasteiger partial charge in [-0.3, -0.25) is 0 Å². The smallest absolute Gasteiger partial charge is 0.240 e. The van der Waals surface area contributed by atoms with E-state index < -0.39 is 10.0 Å². The molecule has 2 rings (SSSR count). The molecule has 0 aliphatic heterocycles. The molecule has 124 valence electrons. The van der Waals surface area contributed by atoms with Crippen molar-refractivity contribution < 1.29 is 13.2 Å². The fourth-order valence-corrected chi connectivity index (χ4v) is 3.09. The summed E-state index contributed by atoms with van der Waals surface area (Å²) in [6, 6.07) is 12.7. The van der Waals surface area contributed by atoms with E-state index in [1.54, 1.807) is 25.3 Å². The Morgan fingerprint density at radius 3 is 2.52 bits per heavy atom. The Balaban J connectivity index is 2.28. The Morgan fingerprint density at radius 1 is 1.13 bits per heavy atom. The number of rotatable bonds is 6. The number of hydrogen-bond acceptors (Lipinski definition) is 4. The minimum Gasteiger partial charge on any atom is -0.495 e. The first-order valence-electron chi connectivity index (χ1n) is 7.32. The van der Waals surface area contributed by atoms with Crippen LogP contribution in [0.5, 0.6) is 5.75 Å². The van der Waals surface area contributed by atoms with E-state index in [-0.39, 0.29) is 10.9 Å². The maximum Gasteiger partial charge on any atom is 0.240 e. The molecule has 0 saturated carbocycles. The van der Waals surface area contributed by atoms with Crippen molar-refractivity contribution in [1.82, 2.24) is 4.72 Å². The highest BCUT2D eigenvalue weighted by Crippen LogP contribution is 2.29. The van der Waals surface area contributed by atoms with Gasteiger partial charge in [-0.1, -0.05) is 18.2 Å². The normalized spacial score (nSPS) is 12.7. The molecule has 0 radical (unpaired) electrons. The second kappa shape index (κ2) is 7.02. The van der Waals surface area contributed by atoms with Gasteiger partial charge >= 0.3 is 0 Å². The molecule has 0 saturated heterocycles. The van der Waals surface area contributed by atoms with Crippen molar-refractivity contribution in [2.45, 2.75) is 24.8 Å². The molecule has 0 heterocycles. The maximum atomic E-state index is 11.9. The van der Waals surface area contributed by atoms with Crippen molar-refractivity contribution in [1.29, 1.82) is 0 Å². The number of hydrogen-bond donors (Lipinski definition) is 2. The van der Waals surface area contributed by atoms with E-state index in [0.717, 1.165) is 22.6 Å². The van der Waals surface area contributed by atoms with Gasteiger partial charge in [0.25, 0.3) is 0 Å². The van der Waals surface area contributed by atoms with Crippen LogP contribution >= 0.6 is 0 Å². The van der Waals surface area contributed by atoms with E-state index in [9.17, 15) is 8.42 Å². The third-order valence-corrected chi connectivity index (χ3v) is 5.08. The third kappa shape index (κ3) is 4.03. The average molecular weight is 334 g/mol. The SMILES string of the molecule is CNS(=O)(=O)c1cccc([C@H](C)Nc2ccc(C)cc2OC)c1. The van der Waals surface area contributed by atoms with Crippen LogP contribution in [0.25, 0.3) is 0 Å². The second-order valence-corrected chi connectivity index (χ2v) is 7.24. The van der Waals surface area contributed by atoms with Crippen molar-refractivity contribution in [2.24, 2.45) is 0 Å². The molecule has 23 heavy (non-hydrogen) atoms. The summed E-state index contributed by atoms with van der Waals surface area (Å²) in [6.07, 6.45) is 0. The summed E-state index contributed by atoms with van der Waals surface area (Å²) in [6.45, 7) is 3.98. The van der Waals surface area contributed by atoms with Gasteiger partial charge in [0.05, 0.1) is 17.7 Å². The van der Waals surface area contributed by atoms with Crippen LogP contribution in [0.3, 0.4) is 0 Å². The van der Waals surface area contributed by atoms with Gasteiger partial charge in [-0.05, 0) is 56.3 Å². The van der Waals surface area contributed by atoms with Gasteiger partial charge in [0.2, 0.25) is 10.0 Å². The first-order valence-corrected chi connectivity index (χ1v) is 8.80. The van der Waals surface area contributed by atoms with Gasteiger partial charge in [0.15, 0.2) is 0 Å². The quantitative estimate of drug-likeness (QED) is 0.852. The molecule has 0 aliphatic carbocycles. The van der Waals surface area contributed by atoms with E-state index in [1.807, 2.05) is 38.1 Å². The molecular formula is C17H22N2O3S. The van der Waals surface area contributed by atoms with Gasteiger partial charge in [0, 0.05) is 6.04 Å². The molecule has 2 aromatic carbocycles. The lowest BCUT2D eigenvalue weighted by molar-refractivity contribution is 0.416. The zero-order chi connectivity index (χ0) is 17.0. The molecule has 0 unspecified atom stereocenters. The lowest BCUT2D eigenvalue weighted by Gasteiger charge is -2.19. The Morgan fingerprint density at radius 2 is 1.87 bits per heavy atom. The monoisotopic (exact) mass is 334 g/mol. The Labute approximate surface area is 137 Å². The molecule has 0 aromatic heterocycles. The summed E-state index contributed by atoms with van der Waals surface area (Å²) in [7, 11) is -0.415. The molecule has 2 aromatic rings. The molecule has 5 nitrogen and oxygen atoms in total. The predicted octanol–water partition coefficient (Wildman–Crippen LogP) is 3.08. The fraction of sp³-hybridized carbons (Fsp3) is 0.294. The summed E-state index contributed by atoms with van der Waals surface area (Å²) >= 11 is 0. The van der Waals surface area contributed by atoms with Crippen molar-refractivity contribution in [3.05, 3.63) is 53.6 Å². The van der Waals surface area contributed by atoms with E-state index in [2.05, 4.69) is 10.0 Å². The zero-order valence-corrected chi connectivity index (χ0v) is 14.6. The Bertz CT molecular complexity index is 788. The molecule has 0 spiro atoms. The van der Waals surface area contributed by atoms with Crippen LogP contribution in [0, 0.1) is 6.92 Å². The predicted molar refractivity (Wildman–Crippen MR) is 92.5 cm³/mol. The first kappa shape index (κ1) is 17.3. The minimum absolute atomic E-state index is 0.0707. The fourth-order valence-electron chi connectivity index (χ4n) is 2.30. The molecule has 2 N–H and O–H groups in total.